The van der Waals surface area contributed by atoms with Gasteiger partial charge in [-0.05, 0) is 0 Å². The number of esters is 2. The third-order valence-corrected chi connectivity index (χ3v) is 2.60. The van der Waals surface area contributed by atoms with Gasteiger partial charge in [-0.1, -0.05) is 0 Å². The molecule has 10 nitrogen and oxygen atoms in total. The van der Waals surface area contributed by atoms with E-state index in [1.165, 1.54) is 0 Å². The molecule has 1 fully saturated rings. The van der Waals surface area contributed by atoms with Gasteiger partial charge < -0.3 is 35.0 Å². The SMILES string of the molecule is O=C1O[C@H]([C@H](O)CO)C(OC(=O)[C@H](O)[C@H](O)CO)C1=O. The van der Waals surface area contributed by atoms with Crippen molar-refractivity contribution in [3.8, 4) is 0 Å². The molecular formula is C10H14O10. The van der Waals surface area contributed by atoms with E-state index in [0.29, 0.717) is 0 Å². The molecule has 1 unspecified atom stereocenters. The lowest BCUT2D eigenvalue weighted by Gasteiger charge is -2.22. The van der Waals surface area contributed by atoms with Crippen LogP contribution in [-0.4, -0.2) is 87.0 Å². The maximum absolute atomic E-state index is 11.4. The van der Waals surface area contributed by atoms with Crippen LogP contribution in [0.1, 0.15) is 0 Å². The number of Topliss-reactive ketones (excluding diaryl/α,β-unsaturated/α-hetero) is 1. The molecule has 1 saturated heterocycles. The van der Waals surface area contributed by atoms with Crippen LogP contribution in [0.5, 0.6) is 0 Å². The van der Waals surface area contributed by atoms with Gasteiger partial charge in [0, 0.05) is 0 Å². The second-order valence-electron chi connectivity index (χ2n) is 4.04. The van der Waals surface area contributed by atoms with Crippen molar-refractivity contribution in [3.05, 3.63) is 0 Å². The highest BCUT2D eigenvalue weighted by molar-refractivity contribution is 6.37. The molecule has 5 atom stereocenters. The molecule has 1 aliphatic rings. The Morgan fingerprint density at radius 3 is 2.30 bits per heavy atom. The van der Waals surface area contributed by atoms with Crippen LogP contribution in [0.15, 0.2) is 0 Å². The Hall–Kier alpha value is -1.59. The Labute approximate surface area is 112 Å². The molecule has 0 aromatic carbocycles. The zero-order chi connectivity index (χ0) is 15.4. The minimum atomic E-state index is -2.14. The zero-order valence-corrected chi connectivity index (χ0v) is 10.1. The van der Waals surface area contributed by atoms with Crippen LogP contribution in [0.25, 0.3) is 0 Å². The van der Waals surface area contributed by atoms with E-state index in [4.69, 9.17) is 15.3 Å². The highest BCUT2D eigenvalue weighted by Crippen LogP contribution is 2.19. The lowest BCUT2D eigenvalue weighted by molar-refractivity contribution is -0.174. The number of rotatable bonds is 6. The molecule has 0 radical (unpaired) electrons. The molecule has 0 aliphatic carbocycles. The molecule has 0 saturated carbocycles. The third kappa shape index (κ3) is 3.29. The third-order valence-electron chi connectivity index (χ3n) is 2.60. The van der Waals surface area contributed by atoms with Crippen molar-refractivity contribution in [3.63, 3.8) is 0 Å². The highest BCUT2D eigenvalue weighted by Gasteiger charge is 2.50. The summed E-state index contributed by atoms with van der Waals surface area (Å²) < 4.78 is 8.92. The topological polar surface area (TPSA) is 171 Å². The molecule has 0 spiro atoms. The molecular weight excluding hydrogens is 280 g/mol. The number of ether oxygens (including phenoxy) is 2. The Balaban J connectivity index is 2.79. The number of cyclic esters (lactones) is 1. The van der Waals surface area contributed by atoms with Crippen molar-refractivity contribution in [1.29, 1.82) is 0 Å². The average molecular weight is 294 g/mol. The first-order valence-corrected chi connectivity index (χ1v) is 5.54. The summed E-state index contributed by atoms with van der Waals surface area (Å²) in [5.41, 5.74) is 0. The number of aliphatic hydroxyl groups excluding tert-OH is 5. The minimum Gasteiger partial charge on any atom is -0.449 e. The van der Waals surface area contributed by atoms with E-state index in [0.717, 1.165) is 0 Å². The van der Waals surface area contributed by atoms with E-state index in [9.17, 15) is 24.6 Å². The smallest absolute Gasteiger partial charge is 0.379 e. The number of aliphatic hydroxyl groups is 5. The Bertz CT molecular complexity index is 393. The fraction of sp³-hybridized carbons (Fsp3) is 0.700. The van der Waals surface area contributed by atoms with Crippen LogP contribution in [0.4, 0.5) is 0 Å². The minimum absolute atomic E-state index is 0.860. The maximum atomic E-state index is 11.4. The van der Waals surface area contributed by atoms with Gasteiger partial charge in [0.2, 0.25) is 6.10 Å². The van der Waals surface area contributed by atoms with Crippen LogP contribution in [0.3, 0.4) is 0 Å². The molecule has 0 aromatic heterocycles. The lowest BCUT2D eigenvalue weighted by Crippen LogP contribution is -2.46. The van der Waals surface area contributed by atoms with Crippen LogP contribution in [0.2, 0.25) is 0 Å². The summed E-state index contributed by atoms with van der Waals surface area (Å²) in [4.78, 5) is 33.8. The number of hydrogen-bond acceptors (Lipinski definition) is 10. The summed E-state index contributed by atoms with van der Waals surface area (Å²) in [6.07, 6.45) is -9.10. The number of ketones is 1. The van der Waals surface area contributed by atoms with Crippen molar-refractivity contribution < 1.29 is 49.4 Å². The second kappa shape index (κ2) is 6.72. The van der Waals surface area contributed by atoms with Crippen molar-refractivity contribution in [2.75, 3.05) is 13.2 Å². The molecule has 5 N–H and O–H groups in total. The monoisotopic (exact) mass is 294 g/mol. The van der Waals surface area contributed by atoms with Crippen molar-refractivity contribution in [1.82, 2.24) is 0 Å². The maximum Gasteiger partial charge on any atom is 0.379 e. The van der Waals surface area contributed by atoms with Gasteiger partial charge in [0.15, 0.2) is 12.2 Å². The second-order valence-corrected chi connectivity index (χ2v) is 4.04. The normalized spacial score (nSPS) is 26.9. The summed E-state index contributed by atoms with van der Waals surface area (Å²) in [7, 11) is 0. The zero-order valence-electron chi connectivity index (χ0n) is 10.1. The fourth-order valence-corrected chi connectivity index (χ4v) is 1.47. The molecule has 1 rings (SSSR count). The van der Waals surface area contributed by atoms with Gasteiger partial charge in [-0.3, -0.25) is 4.79 Å². The first kappa shape index (κ1) is 16.5. The van der Waals surface area contributed by atoms with Gasteiger partial charge in [0.25, 0.3) is 5.78 Å². The van der Waals surface area contributed by atoms with E-state index >= 15 is 0 Å². The van der Waals surface area contributed by atoms with Crippen molar-refractivity contribution in [2.45, 2.75) is 30.5 Å². The summed E-state index contributed by atoms with van der Waals surface area (Å²) >= 11 is 0. The van der Waals surface area contributed by atoms with Gasteiger partial charge in [0.05, 0.1) is 13.2 Å². The Morgan fingerprint density at radius 1 is 1.20 bits per heavy atom. The van der Waals surface area contributed by atoms with Gasteiger partial charge in [-0.2, -0.15) is 0 Å². The summed E-state index contributed by atoms with van der Waals surface area (Å²) in [6.45, 7) is -1.80. The highest BCUT2D eigenvalue weighted by atomic mass is 16.6. The fourth-order valence-electron chi connectivity index (χ4n) is 1.47. The van der Waals surface area contributed by atoms with Crippen LogP contribution < -0.4 is 0 Å². The quantitative estimate of drug-likeness (QED) is 0.237. The van der Waals surface area contributed by atoms with Gasteiger partial charge in [0.1, 0.15) is 12.2 Å². The van der Waals surface area contributed by atoms with Crippen LogP contribution in [0, 0.1) is 0 Å². The molecule has 1 heterocycles. The summed E-state index contributed by atoms with van der Waals surface area (Å²) in [6, 6.07) is 0. The molecule has 0 bridgehead atoms. The summed E-state index contributed by atoms with van der Waals surface area (Å²) in [5.74, 6) is -4.13. The van der Waals surface area contributed by atoms with E-state index < -0.39 is 61.5 Å². The molecule has 20 heavy (non-hydrogen) atoms. The number of hydrogen-bond donors (Lipinski definition) is 5. The largest absolute Gasteiger partial charge is 0.449 e. The Morgan fingerprint density at radius 2 is 1.80 bits per heavy atom. The summed E-state index contributed by atoms with van der Waals surface area (Å²) in [5, 5.41) is 44.9. The van der Waals surface area contributed by atoms with E-state index in [1.807, 2.05) is 0 Å². The van der Waals surface area contributed by atoms with Gasteiger partial charge in [-0.15, -0.1) is 0 Å². The van der Waals surface area contributed by atoms with E-state index in [2.05, 4.69) is 9.47 Å². The number of carbonyl (C=O) groups is 3. The first-order valence-electron chi connectivity index (χ1n) is 5.54. The Kier molecular flexibility index (Phi) is 5.53. The van der Waals surface area contributed by atoms with Crippen LogP contribution in [-0.2, 0) is 23.9 Å². The van der Waals surface area contributed by atoms with Crippen molar-refractivity contribution in [2.24, 2.45) is 0 Å². The van der Waals surface area contributed by atoms with Crippen LogP contribution >= 0.6 is 0 Å². The standard InChI is InChI=1S/C10H14O10/c11-1-3(13)5(15)9(17)20-8-6(16)10(18)19-7(8)4(14)2-12/h3-5,7-8,11-15H,1-2H2/t3-,4-,5-,7-,8?/m1/s1. The molecule has 114 valence electrons. The van der Waals surface area contributed by atoms with Gasteiger partial charge in [-0.25, -0.2) is 9.59 Å². The molecule has 1 aliphatic heterocycles. The lowest BCUT2D eigenvalue weighted by atomic mass is 10.1. The van der Waals surface area contributed by atoms with Gasteiger partial charge >= 0.3 is 11.9 Å². The number of carbonyl (C=O) groups excluding carboxylic acids is 3. The molecule has 10 heteroatoms. The average Bonchev–Trinajstić information content (AvgIpc) is 2.72. The van der Waals surface area contributed by atoms with Crippen molar-refractivity contribution >= 4 is 17.7 Å². The van der Waals surface area contributed by atoms with E-state index in [-0.39, 0.29) is 0 Å². The molecule has 0 aromatic rings. The predicted molar refractivity (Wildman–Crippen MR) is 57.0 cm³/mol. The predicted octanol–water partition coefficient (Wildman–Crippen LogP) is -4.54. The first-order chi connectivity index (χ1) is 9.33. The molecule has 0 amide bonds. The van der Waals surface area contributed by atoms with E-state index in [1.54, 1.807) is 0 Å².